The minimum atomic E-state index is -3.72. The number of likely N-dealkylation sites (tertiary alicyclic amines) is 1. The Morgan fingerprint density at radius 3 is 2.72 bits per heavy atom. The van der Waals surface area contributed by atoms with Crippen LogP contribution >= 0.6 is 22.9 Å². The van der Waals surface area contributed by atoms with E-state index in [0.29, 0.717) is 11.6 Å². The van der Waals surface area contributed by atoms with Crippen LogP contribution in [0.1, 0.15) is 24.4 Å². The monoisotopic (exact) mass is 400 g/mol. The zero-order valence-electron chi connectivity index (χ0n) is 13.9. The molecule has 25 heavy (non-hydrogen) atoms. The maximum Gasteiger partial charge on any atom is 0.244 e. The third-order valence-electron chi connectivity index (χ3n) is 4.39. The number of nitrogens with one attached hydrogen (secondary N) is 1. The molecule has 1 aromatic carbocycles. The van der Waals surface area contributed by atoms with Gasteiger partial charge in [0.1, 0.15) is 10.6 Å². The quantitative estimate of drug-likeness (QED) is 0.772. The van der Waals surface area contributed by atoms with E-state index in [9.17, 15) is 8.42 Å². The average molecular weight is 401 g/mol. The largest absolute Gasteiger partial charge is 0.495 e. The normalized spacial score (nSPS) is 16.9. The minimum Gasteiger partial charge on any atom is -0.495 e. The molecule has 0 unspecified atom stereocenters. The van der Waals surface area contributed by atoms with E-state index < -0.39 is 10.0 Å². The summed E-state index contributed by atoms with van der Waals surface area (Å²) < 4.78 is 33.5. The van der Waals surface area contributed by atoms with Crippen LogP contribution in [-0.4, -0.2) is 40.1 Å². The van der Waals surface area contributed by atoms with Crippen LogP contribution in [-0.2, 0) is 10.0 Å². The summed E-state index contributed by atoms with van der Waals surface area (Å²) >= 11 is 7.60. The van der Waals surface area contributed by atoms with Gasteiger partial charge in [-0.05, 0) is 66.5 Å². The molecule has 0 radical (unpaired) electrons. The zero-order chi connectivity index (χ0) is 17.9. The summed E-state index contributed by atoms with van der Waals surface area (Å²) in [7, 11) is -2.28. The Kier molecular flexibility index (Phi) is 6.01. The molecule has 0 amide bonds. The third-order valence-corrected chi connectivity index (χ3v) is 6.77. The lowest BCUT2D eigenvalue weighted by Crippen LogP contribution is -2.36. The van der Waals surface area contributed by atoms with Crippen molar-refractivity contribution in [2.45, 2.75) is 23.8 Å². The van der Waals surface area contributed by atoms with Crippen LogP contribution < -0.4 is 9.46 Å². The van der Waals surface area contributed by atoms with E-state index in [0.717, 1.165) is 31.5 Å². The summed E-state index contributed by atoms with van der Waals surface area (Å²) in [6.07, 6.45) is 2.30. The Balaban J connectivity index is 1.81. The Labute approximate surface area is 157 Å². The molecule has 1 atom stereocenters. The fraction of sp³-hybridized carbons (Fsp3) is 0.412. The first-order valence-corrected chi connectivity index (χ1v) is 10.9. The molecular formula is C17H21ClN2O3S2. The second kappa shape index (κ2) is 8.05. The van der Waals surface area contributed by atoms with Crippen LogP contribution in [0.25, 0.3) is 0 Å². The number of nitrogens with zero attached hydrogens (tertiary/aromatic N) is 1. The fourth-order valence-electron chi connectivity index (χ4n) is 3.10. The molecule has 2 heterocycles. The summed E-state index contributed by atoms with van der Waals surface area (Å²) in [6.45, 7) is 2.29. The van der Waals surface area contributed by atoms with Gasteiger partial charge in [0.15, 0.2) is 0 Å². The molecule has 136 valence electrons. The number of halogens is 1. The van der Waals surface area contributed by atoms with E-state index in [4.69, 9.17) is 16.3 Å². The first kappa shape index (κ1) is 18.7. The first-order chi connectivity index (χ1) is 12.0. The molecule has 8 heteroatoms. The average Bonchev–Trinajstić information content (AvgIpc) is 3.29. The Hall–Kier alpha value is -1.12. The number of thiophene rings is 1. The van der Waals surface area contributed by atoms with Gasteiger partial charge in [-0.2, -0.15) is 11.3 Å². The fourth-order valence-corrected chi connectivity index (χ4v) is 5.28. The van der Waals surface area contributed by atoms with Crippen molar-refractivity contribution in [3.63, 3.8) is 0 Å². The highest BCUT2D eigenvalue weighted by atomic mass is 35.5. The molecule has 0 bridgehead atoms. The topological polar surface area (TPSA) is 58.6 Å². The van der Waals surface area contributed by atoms with E-state index in [1.807, 2.05) is 5.38 Å². The molecular weight excluding hydrogens is 380 g/mol. The molecule has 0 aliphatic carbocycles. The molecule has 0 spiro atoms. The van der Waals surface area contributed by atoms with Gasteiger partial charge in [0.2, 0.25) is 10.0 Å². The lowest BCUT2D eigenvalue weighted by Gasteiger charge is -2.27. The number of hydrogen-bond donors (Lipinski definition) is 1. The summed E-state index contributed by atoms with van der Waals surface area (Å²) in [5.41, 5.74) is 1.15. The van der Waals surface area contributed by atoms with Gasteiger partial charge in [0.25, 0.3) is 0 Å². The number of hydrogen-bond acceptors (Lipinski definition) is 5. The van der Waals surface area contributed by atoms with Crippen molar-refractivity contribution in [3.05, 3.63) is 45.6 Å². The van der Waals surface area contributed by atoms with Gasteiger partial charge >= 0.3 is 0 Å². The van der Waals surface area contributed by atoms with E-state index in [-0.39, 0.29) is 16.7 Å². The molecule has 0 saturated carbocycles. The Morgan fingerprint density at radius 1 is 1.32 bits per heavy atom. The molecule has 5 nitrogen and oxygen atoms in total. The van der Waals surface area contributed by atoms with Crippen LogP contribution in [0.3, 0.4) is 0 Å². The predicted molar refractivity (Wildman–Crippen MR) is 101 cm³/mol. The van der Waals surface area contributed by atoms with Crippen LogP contribution in [0.5, 0.6) is 5.75 Å². The van der Waals surface area contributed by atoms with E-state index >= 15 is 0 Å². The SMILES string of the molecule is COc1ccc(Cl)cc1S(=O)(=O)NC[C@@H](c1ccsc1)N1CCCC1. The smallest absolute Gasteiger partial charge is 0.244 e. The van der Waals surface area contributed by atoms with Crippen LogP contribution in [0.2, 0.25) is 5.02 Å². The molecule has 1 saturated heterocycles. The summed E-state index contributed by atoms with van der Waals surface area (Å²) in [4.78, 5) is 2.40. The maximum atomic E-state index is 12.8. The lowest BCUT2D eigenvalue weighted by atomic mass is 10.1. The van der Waals surface area contributed by atoms with Gasteiger partial charge in [-0.25, -0.2) is 13.1 Å². The Bertz CT molecular complexity index is 803. The second-order valence-corrected chi connectivity index (χ2v) is 8.91. The minimum absolute atomic E-state index is 0.0358. The van der Waals surface area contributed by atoms with E-state index in [1.165, 1.54) is 13.2 Å². The predicted octanol–water partition coefficient (Wildman–Crippen LogP) is 3.53. The van der Waals surface area contributed by atoms with Crippen molar-refractivity contribution in [2.24, 2.45) is 0 Å². The Morgan fingerprint density at radius 2 is 2.08 bits per heavy atom. The van der Waals surface area contributed by atoms with Crippen molar-refractivity contribution < 1.29 is 13.2 Å². The zero-order valence-corrected chi connectivity index (χ0v) is 16.3. The molecule has 1 aliphatic heterocycles. The number of methoxy groups -OCH3 is 1. The van der Waals surface area contributed by atoms with Gasteiger partial charge in [0, 0.05) is 17.6 Å². The van der Waals surface area contributed by atoms with Crippen LogP contribution in [0, 0.1) is 0 Å². The number of ether oxygens (including phenoxy) is 1. The molecule has 1 aromatic heterocycles. The van der Waals surface area contributed by atoms with Gasteiger partial charge < -0.3 is 4.74 Å². The highest BCUT2D eigenvalue weighted by Crippen LogP contribution is 2.29. The van der Waals surface area contributed by atoms with Crippen LogP contribution in [0.4, 0.5) is 0 Å². The van der Waals surface area contributed by atoms with Crippen molar-refractivity contribution in [1.29, 1.82) is 0 Å². The van der Waals surface area contributed by atoms with Gasteiger partial charge in [0.05, 0.1) is 7.11 Å². The van der Waals surface area contributed by atoms with Crippen molar-refractivity contribution in [1.82, 2.24) is 9.62 Å². The second-order valence-electron chi connectivity index (χ2n) is 5.96. The van der Waals surface area contributed by atoms with E-state index in [2.05, 4.69) is 21.1 Å². The van der Waals surface area contributed by atoms with Crippen molar-refractivity contribution >= 4 is 33.0 Å². The highest BCUT2D eigenvalue weighted by molar-refractivity contribution is 7.89. The third kappa shape index (κ3) is 4.35. The molecule has 2 aromatic rings. The molecule has 1 aliphatic rings. The summed E-state index contributed by atoms with van der Waals surface area (Å²) in [5, 5.41) is 4.46. The molecule has 1 fully saturated rings. The van der Waals surface area contributed by atoms with Crippen molar-refractivity contribution in [2.75, 3.05) is 26.7 Å². The standard InChI is InChI=1S/C17H21ClN2O3S2/c1-23-16-5-4-14(18)10-17(16)25(21,22)19-11-15(13-6-9-24-12-13)20-7-2-3-8-20/h4-6,9-10,12,15,19H,2-3,7-8,11H2,1H3/t15-/m0/s1. The van der Waals surface area contributed by atoms with Crippen LogP contribution in [0.15, 0.2) is 39.9 Å². The lowest BCUT2D eigenvalue weighted by molar-refractivity contribution is 0.247. The number of benzene rings is 1. The maximum absolute atomic E-state index is 12.8. The molecule has 1 N–H and O–H groups in total. The summed E-state index contributed by atoms with van der Waals surface area (Å²) in [6, 6.07) is 6.68. The molecule has 3 rings (SSSR count). The van der Waals surface area contributed by atoms with Crippen molar-refractivity contribution in [3.8, 4) is 5.75 Å². The van der Waals surface area contributed by atoms with Gasteiger partial charge in [-0.15, -0.1) is 0 Å². The van der Waals surface area contributed by atoms with E-state index in [1.54, 1.807) is 23.5 Å². The highest BCUT2D eigenvalue weighted by Gasteiger charge is 2.27. The van der Waals surface area contributed by atoms with Gasteiger partial charge in [-0.3, -0.25) is 4.90 Å². The number of sulfonamides is 1. The summed E-state index contributed by atoms with van der Waals surface area (Å²) in [5.74, 6) is 0.283. The number of rotatable bonds is 7. The van der Waals surface area contributed by atoms with Gasteiger partial charge in [-0.1, -0.05) is 11.6 Å². The first-order valence-electron chi connectivity index (χ1n) is 8.10.